The maximum atomic E-state index is 13.0. The van der Waals surface area contributed by atoms with Gasteiger partial charge < -0.3 is 4.74 Å². The number of rotatable bonds is 13. The maximum Gasteiger partial charge on any atom is 0.306 e. The number of hydrogen-bond donors (Lipinski definition) is 0. The van der Waals surface area contributed by atoms with Crippen molar-refractivity contribution in [2.75, 3.05) is 12.4 Å². The number of carbonyl (C=O) groups excluding carboxylic acids is 2. The summed E-state index contributed by atoms with van der Waals surface area (Å²) in [5.41, 5.74) is 1.66. The van der Waals surface area contributed by atoms with E-state index in [1.165, 1.54) is 18.2 Å². The molecule has 4 heteroatoms. The van der Waals surface area contributed by atoms with Crippen LogP contribution in [0, 0.1) is 5.92 Å². The van der Waals surface area contributed by atoms with Crippen molar-refractivity contribution in [1.29, 1.82) is 0 Å². The SMILES string of the molecule is CCCCC(CC)COC(=O)CCSC(C(=O)c1ccccc1)c1ccccc1. The highest BCUT2D eigenvalue weighted by Crippen LogP contribution is 2.32. The van der Waals surface area contributed by atoms with Crippen molar-refractivity contribution in [3.8, 4) is 0 Å². The van der Waals surface area contributed by atoms with E-state index in [1.54, 1.807) is 0 Å². The lowest BCUT2D eigenvalue weighted by molar-refractivity contribution is -0.144. The molecule has 2 rings (SSSR count). The minimum atomic E-state index is -0.320. The van der Waals surface area contributed by atoms with Crippen LogP contribution in [0.15, 0.2) is 60.7 Å². The van der Waals surface area contributed by atoms with Crippen LogP contribution in [0.3, 0.4) is 0 Å². The first-order valence-corrected chi connectivity index (χ1v) is 11.6. The van der Waals surface area contributed by atoms with Crippen molar-refractivity contribution in [3.63, 3.8) is 0 Å². The number of ketones is 1. The summed E-state index contributed by atoms with van der Waals surface area (Å²) >= 11 is 1.51. The maximum absolute atomic E-state index is 13.0. The molecule has 0 bridgehead atoms. The Morgan fingerprint density at radius 3 is 2.24 bits per heavy atom. The summed E-state index contributed by atoms with van der Waals surface area (Å²) in [6.07, 6.45) is 4.80. The van der Waals surface area contributed by atoms with Crippen LogP contribution in [0.5, 0.6) is 0 Å². The molecule has 29 heavy (non-hydrogen) atoms. The summed E-state index contributed by atoms with van der Waals surface area (Å²) in [6.45, 7) is 4.82. The second kappa shape index (κ2) is 13.2. The summed E-state index contributed by atoms with van der Waals surface area (Å²) in [5.74, 6) is 0.901. The minimum Gasteiger partial charge on any atom is -0.465 e. The van der Waals surface area contributed by atoms with Gasteiger partial charge in [-0.1, -0.05) is 93.8 Å². The number of carbonyl (C=O) groups is 2. The lowest BCUT2D eigenvalue weighted by atomic mass is 10.0. The van der Waals surface area contributed by atoms with E-state index in [2.05, 4.69) is 13.8 Å². The summed E-state index contributed by atoms with van der Waals surface area (Å²) in [7, 11) is 0. The van der Waals surface area contributed by atoms with E-state index in [0.717, 1.165) is 24.8 Å². The number of thioether (sulfide) groups is 1. The number of unbranched alkanes of at least 4 members (excludes halogenated alkanes) is 1. The van der Waals surface area contributed by atoms with Crippen molar-refractivity contribution >= 4 is 23.5 Å². The number of esters is 1. The fourth-order valence-electron chi connectivity index (χ4n) is 3.15. The molecule has 0 amide bonds. The lowest BCUT2D eigenvalue weighted by Gasteiger charge is -2.17. The summed E-state index contributed by atoms with van der Waals surface area (Å²) in [5, 5.41) is -0.320. The molecule has 3 nitrogen and oxygen atoms in total. The van der Waals surface area contributed by atoms with E-state index in [9.17, 15) is 9.59 Å². The van der Waals surface area contributed by atoms with Crippen LogP contribution >= 0.6 is 11.8 Å². The Bertz CT molecular complexity index is 730. The average Bonchev–Trinajstić information content (AvgIpc) is 2.77. The first-order valence-electron chi connectivity index (χ1n) is 10.6. The van der Waals surface area contributed by atoms with Crippen LogP contribution in [0.25, 0.3) is 0 Å². The van der Waals surface area contributed by atoms with E-state index in [0.29, 0.717) is 30.3 Å². The molecular formula is C25H32O3S. The second-order valence-corrected chi connectivity index (χ2v) is 8.45. The van der Waals surface area contributed by atoms with Crippen molar-refractivity contribution in [2.45, 2.75) is 51.2 Å². The van der Waals surface area contributed by atoms with Gasteiger partial charge in [0.05, 0.1) is 18.3 Å². The molecule has 156 valence electrons. The summed E-state index contributed by atoms with van der Waals surface area (Å²) in [6, 6.07) is 19.1. The molecule has 0 radical (unpaired) electrons. The van der Waals surface area contributed by atoms with Gasteiger partial charge in [0.1, 0.15) is 0 Å². The Labute approximate surface area is 179 Å². The van der Waals surface area contributed by atoms with E-state index < -0.39 is 0 Å². The zero-order chi connectivity index (χ0) is 20.9. The smallest absolute Gasteiger partial charge is 0.306 e. The largest absolute Gasteiger partial charge is 0.465 e. The highest BCUT2D eigenvalue weighted by Gasteiger charge is 2.22. The first-order chi connectivity index (χ1) is 14.2. The van der Waals surface area contributed by atoms with E-state index >= 15 is 0 Å². The fourth-order valence-corrected chi connectivity index (χ4v) is 4.30. The molecule has 0 heterocycles. The van der Waals surface area contributed by atoms with Crippen molar-refractivity contribution < 1.29 is 14.3 Å². The van der Waals surface area contributed by atoms with E-state index in [4.69, 9.17) is 4.74 Å². The molecular weight excluding hydrogens is 380 g/mol. The van der Waals surface area contributed by atoms with E-state index in [1.807, 2.05) is 60.7 Å². The fraction of sp³-hybridized carbons (Fsp3) is 0.440. The van der Waals surface area contributed by atoms with Crippen molar-refractivity contribution in [2.24, 2.45) is 5.92 Å². The third kappa shape index (κ3) is 8.06. The van der Waals surface area contributed by atoms with Gasteiger partial charge in [-0.2, -0.15) is 0 Å². The summed E-state index contributed by atoms with van der Waals surface area (Å²) < 4.78 is 5.49. The van der Waals surface area contributed by atoms with Gasteiger partial charge in [0.2, 0.25) is 0 Å². The predicted molar refractivity (Wildman–Crippen MR) is 121 cm³/mol. The van der Waals surface area contributed by atoms with Gasteiger partial charge in [-0.15, -0.1) is 11.8 Å². The normalized spacial score (nSPS) is 12.9. The number of hydrogen-bond acceptors (Lipinski definition) is 4. The zero-order valence-corrected chi connectivity index (χ0v) is 18.3. The number of ether oxygens (including phenoxy) is 1. The topological polar surface area (TPSA) is 43.4 Å². The highest BCUT2D eigenvalue weighted by molar-refractivity contribution is 8.00. The highest BCUT2D eigenvalue weighted by atomic mass is 32.2. The van der Waals surface area contributed by atoms with Gasteiger partial charge in [-0.25, -0.2) is 0 Å². The van der Waals surface area contributed by atoms with E-state index in [-0.39, 0.29) is 17.0 Å². The Morgan fingerprint density at radius 1 is 0.966 bits per heavy atom. The van der Waals surface area contributed by atoms with Crippen LogP contribution in [0.4, 0.5) is 0 Å². The third-order valence-electron chi connectivity index (χ3n) is 5.01. The molecule has 2 unspecified atom stereocenters. The Hall–Kier alpha value is -2.07. The minimum absolute atomic E-state index is 0.0702. The van der Waals surface area contributed by atoms with Crippen molar-refractivity contribution in [1.82, 2.24) is 0 Å². The van der Waals surface area contributed by atoms with Crippen LogP contribution in [0.2, 0.25) is 0 Å². The van der Waals surface area contributed by atoms with Gasteiger partial charge >= 0.3 is 5.97 Å². The molecule has 0 fully saturated rings. The molecule has 2 aromatic carbocycles. The standard InChI is InChI=1S/C25H32O3S/c1-3-5-12-20(4-2)19-28-23(26)17-18-29-25(22-15-10-7-11-16-22)24(27)21-13-8-6-9-14-21/h6-11,13-16,20,25H,3-5,12,17-19H2,1-2H3. The second-order valence-electron chi connectivity index (χ2n) is 7.24. The van der Waals surface area contributed by atoms with Gasteiger partial charge in [0, 0.05) is 11.3 Å². The Balaban J connectivity index is 1.90. The molecule has 0 saturated carbocycles. The van der Waals surface area contributed by atoms with Crippen LogP contribution in [-0.4, -0.2) is 24.1 Å². The molecule has 0 saturated heterocycles. The molecule has 0 aliphatic heterocycles. The average molecular weight is 413 g/mol. The van der Waals surface area contributed by atoms with Gasteiger partial charge in [-0.05, 0) is 17.9 Å². The van der Waals surface area contributed by atoms with Crippen LogP contribution in [0.1, 0.15) is 67.1 Å². The van der Waals surface area contributed by atoms with Crippen molar-refractivity contribution in [3.05, 3.63) is 71.8 Å². The zero-order valence-electron chi connectivity index (χ0n) is 17.5. The molecule has 2 aromatic rings. The Kier molecular flexibility index (Phi) is 10.6. The van der Waals surface area contributed by atoms with Gasteiger partial charge in [0.25, 0.3) is 0 Å². The molecule has 0 N–H and O–H groups in total. The summed E-state index contributed by atoms with van der Waals surface area (Å²) in [4.78, 5) is 25.2. The lowest BCUT2D eigenvalue weighted by Crippen LogP contribution is -2.15. The van der Waals surface area contributed by atoms with Gasteiger partial charge in [0.15, 0.2) is 5.78 Å². The van der Waals surface area contributed by atoms with Gasteiger partial charge in [-0.3, -0.25) is 9.59 Å². The first kappa shape index (κ1) is 23.2. The predicted octanol–water partition coefficient (Wildman–Crippen LogP) is 6.49. The molecule has 2 atom stereocenters. The number of Topliss-reactive ketones (excluding diaryl/α,β-unsaturated/α-hetero) is 1. The van der Waals surface area contributed by atoms with Crippen LogP contribution < -0.4 is 0 Å². The molecule has 0 spiro atoms. The quantitative estimate of drug-likeness (QED) is 0.278. The molecule has 0 aliphatic carbocycles. The Morgan fingerprint density at radius 2 is 1.62 bits per heavy atom. The molecule has 0 aromatic heterocycles. The molecule has 0 aliphatic rings. The number of benzene rings is 2. The third-order valence-corrected chi connectivity index (χ3v) is 6.27. The van der Waals surface area contributed by atoms with Crippen LogP contribution in [-0.2, 0) is 9.53 Å². The monoisotopic (exact) mass is 412 g/mol.